The Morgan fingerprint density at radius 2 is 1.86 bits per heavy atom. The Bertz CT molecular complexity index is 1090. The third-order valence-electron chi connectivity index (χ3n) is 4.73. The number of fused-ring (bicyclic) bond motifs is 4. The van der Waals surface area contributed by atoms with Gasteiger partial charge in [0.05, 0.1) is 6.54 Å². The molecule has 1 saturated heterocycles. The lowest BCUT2D eigenvalue weighted by atomic mass is 9.85. The van der Waals surface area contributed by atoms with Crippen LogP contribution >= 0.6 is 0 Å². The Balaban J connectivity index is 1.94. The molecule has 2 atom stereocenters. The molecule has 2 aromatic carbocycles. The fourth-order valence-corrected chi connectivity index (χ4v) is 4.09. The van der Waals surface area contributed by atoms with Crippen LogP contribution in [0.15, 0.2) is 42.5 Å². The maximum Gasteiger partial charge on any atom is 0.418 e. The van der Waals surface area contributed by atoms with E-state index in [1.165, 1.54) is 30.3 Å². The number of carboxylic acids is 1. The Morgan fingerprint density at radius 3 is 2.46 bits per heavy atom. The molecular weight excluding hydrogens is 395 g/mol. The SMILES string of the molecule is O=C(O)[C@H]1c2cccc(-c3ccc(F)cc3)c2[C@@H]2CN1C(=O)N2OS(=O)(=O)O. The molecule has 0 unspecified atom stereocenters. The van der Waals surface area contributed by atoms with Crippen LogP contribution in [-0.4, -0.2) is 46.6 Å². The molecule has 0 spiro atoms. The van der Waals surface area contributed by atoms with Crippen molar-refractivity contribution in [3.63, 3.8) is 0 Å². The van der Waals surface area contributed by atoms with Gasteiger partial charge in [0.1, 0.15) is 11.9 Å². The first-order valence-corrected chi connectivity index (χ1v) is 9.42. The largest absolute Gasteiger partial charge is 0.479 e. The van der Waals surface area contributed by atoms with E-state index in [-0.39, 0.29) is 12.1 Å². The Morgan fingerprint density at radius 1 is 1.18 bits per heavy atom. The molecule has 2 aliphatic heterocycles. The molecule has 2 aliphatic rings. The van der Waals surface area contributed by atoms with Crippen molar-refractivity contribution in [1.29, 1.82) is 0 Å². The zero-order valence-corrected chi connectivity index (χ0v) is 14.8. The number of hydrogen-bond acceptors (Lipinski definition) is 5. The minimum atomic E-state index is -5.02. The normalized spacial score (nSPS) is 21.0. The van der Waals surface area contributed by atoms with Crippen molar-refractivity contribution in [2.45, 2.75) is 12.1 Å². The van der Waals surface area contributed by atoms with Crippen LogP contribution in [0.3, 0.4) is 0 Å². The standard InChI is InChI=1S/C17H13FN2O7S/c18-10-6-4-9(5-7-10)11-2-1-3-12-14(11)13-8-19(15(12)16(21)22)17(23)20(13)27-28(24,25)26/h1-7,13,15H,8H2,(H,21,22)(H,24,25,26)/t13-,15+/m0/s1. The molecule has 2 N–H and O–H groups in total. The lowest BCUT2D eigenvalue weighted by Crippen LogP contribution is -2.38. The van der Waals surface area contributed by atoms with Crippen LogP contribution in [0.4, 0.5) is 9.18 Å². The number of hydrogen-bond donors (Lipinski definition) is 2. The molecule has 0 radical (unpaired) electrons. The molecule has 28 heavy (non-hydrogen) atoms. The summed E-state index contributed by atoms with van der Waals surface area (Å²) < 4.78 is 49.2. The molecule has 146 valence electrons. The number of hydroxylamine groups is 2. The first-order valence-electron chi connectivity index (χ1n) is 8.06. The van der Waals surface area contributed by atoms with Crippen molar-refractivity contribution in [3.8, 4) is 11.1 Å². The average molecular weight is 408 g/mol. The molecule has 2 heterocycles. The summed E-state index contributed by atoms with van der Waals surface area (Å²) in [5.41, 5.74) is 1.67. The highest BCUT2D eigenvalue weighted by atomic mass is 32.3. The van der Waals surface area contributed by atoms with Gasteiger partial charge < -0.3 is 10.0 Å². The summed E-state index contributed by atoms with van der Waals surface area (Å²) in [5.74, 6) is -1.77. The van der Waals surface area contributed by atoms with E-state index in [1.807, 2.05) is 0 Å². The molecule has 4 rings (SSSR count). The van der Waals surface area contributed by atoms with E-state index in [1.54, 1.807) is 12.1 Å². The van der Waals surface area contributed by atoms with Crippen LogP contribution in [0.1, 0.15) is 23.2 Å². The summed E-state index contributed by atoms with van der Waals surface area (Å²) >= 11 is 0. The molecule has 2 amide bonds. The number of carbonyl (C=O) groups is 2. The molecule has 1 fully saturated rings. The number of aliphatic carboxylic acids is 1. The molecule has 2 bridgehead atoms. The highest BCUT2D eigenvalue weighted by Gasteiger charge is 2.53. The van der Waals surface area contributed by atoms with Crippen LogP contribution < -0.4 is 0 Å². The fraction of sp³-hybridized carbons (Fsp3) is 0.176. The summed E-state index contributed by atoms with van der Waals surface area (Å²) in [6.45, 7) is -0.156. The van der Waals surface area contributed by atoms with E-state index in [0.29, 0.717) is 21.8 Å². The van der Waals surface area contributed by atoms with Crippen molar-refractivity contribution in [2.75, 3.05) is 6.54 Å². The lowest BCUT2D eigenvalue weighted by molar-refractivity contribution is -0.142. The van der Waals surface area contributed by atoms with Gasteiger partial charge in [0.15, 0.2) is 6.04 Å². The van der Waals surface area contributed by atoms with Crippen LogP contribution in [-0.2, 0) is 19.5 Å². The predicted octanol–water partition coefficient (Wildman–Crippen LogP) is 2.15. The Kier molecular flexibility index (Phi) is 4.10. The number of benzene rings is 2. The molecule has 9 nitrogen and oxygen atoms in total. The predicted molar refractivity (Wildman–Crippen MR) is 91.5 cm³/mol. The zero-order chi connectivity index (χ0) is 20.2. The van der Waals surface area contributed by atoms with Gasteiger partial charge in [0.2, 0.25) is 0 Å². The van der Waals surface area contributed by atoms with Gasteiger partial charge >= 0.3 is 22.4 Å². The van der Waals surface area contributed by atoms with E-state index in [2.05, 4.69) is 4.28 Å². The second-order valence-corrected chi connectivity index (χ2v) is 7.34. The number of rotatable bonds is 4. The first-order chi connectivity index (χ1) is 13.2. The summed E-state index contributed by atoms with van der Waals surface area (Å²) in [6, 6.07) is 6.83. The number of urea groups is 1. The van der Waals surface area contributed by atoms with E-state index in [4.69, 9.17) is 4.55 Å². The minimum Gasteiger partial charge on any atom is -0.479 e. The summed E-state index contributed by atoms with van der Waals surface area (Å²) in [4.78, 5) is 25.4. The lowest BCUT2D eigenvalue weighted by Gasteiger charge is -2.31. The summed E-state index contributed by atoms with van der Waals surface area (Å²) in [6.07, 6.45) is 0. The van der Waals surface area contributed by atoms with E-state index < -0.39 is 40.3 Å². The number of halogens is 1. The van der Waals surface area contributed by atoms with Gasteiger partial charge in [-0.3, -0.25) is 4.55 Å². The minimum absolute atomic E-state index is 0.156. The molecule has 11 heteroatoms. The zero-order valence-electron chi connectivity index (χ0n) is 14.0. The molecule has 2 aromatic rings. The van der Waals surface area contributed by atoms with Crippen LogP contribution in [0.2, 0.25) is 0 Å². The number of carboxylic acid groups (broad SMARTS) is 1. The second-order valence-electron chi connectivity index (χ2n) is 6.33. The van der Waals surface area contributed by atoms with Crippen molar-refractivity contribution in [1.82, 2.24) is 9.96 Å². The molecular formula is C17H13FN2O7S. The van der Waals surface area contributed by atoms with E-state index in [9.17, 15) is 27.5 Å². The maximum atomic E-state index is 13.3. The van der Waals surface area contributed by atoms with E-state index >= 15 is 0 Å². The Labute approximate surface area is 158 Å². The highest BCUT2D eigenvalue weighted by molar-refractivity contribution is 7.80. The average Bonchev–Trinajstić information content (AvgIpc) is 2.87. The van der Waals surface area contributed by atoms with Crippen LogP contribution in [0, 0.1) is 5.82 Å². The maximum absolute atomic E-state index is 13.3. The fourth-order valence-electron chi connectivity index (χ4n) is 3.72. The van der Waals surface area contributed by atoms with Gasteiger partial charge in [-0.2, -0.15) is 13.5 Å². The number of carbonyl (C=O) groups excluding carboxylic acids is 1. The van der Waals surface area contributed by atoms with Gasteiger partial charge in [-0.25, -0.2) is 14.0 Å². The van der Waals surface area contributed by atoms with Crippen LogP contribution in [0.25, 0.3) is 11.1 Å². The van der Waals surface area contributed by atoms with Crippen molar-refractivity contribution in [3.05, 3.63) is 59.4 Å². The second kappa shape index (κ2) is 6.26. The smallest absolute Gasteiger partial charge is 0.418 e. The van der Waals surface area contributed by atoms with Gasteiger partial charge in [0.25, 0.3) is 0 Å². The summed E-state index contributed by atoms with van der Waals surface area (Å²) in [5, 5.41) is 10.1. The molecule has 0 saturated carbocycles. The third-order valence-corrected chi connectivity index (χ3v) is 5.08. The monoisotopic (exact) mass is 408 g/mol. The Hall–Kier alpha value is -3.02. The first kappa shape index (κ1) is 18.3. The molecule has 0 aromatic heterocycles. The van der Waals surface area contributed by atoms with Crippen LogP contribution in [0.5, 0.6) is 0 Å². The van der Waals surface area contributed by atoms with E-state index in [0.717, 1.165) is 4.90 Å². The van der Waals surface area contributed by atoms with Crippen molar-refractivity contribution in [2.24, 2.45) is 0 Å². The third kappa shape index (κ3) is 2.89. The van der Waals surface area contributed by atoms with Gasteiger partial charge in [-0.1, -0.05) is 30.3 Å². The summed E-state index contributed by atoms with van der Waals surface area (Å²) in [7, 11) is -5.02. The van der Waals surface area contributed by atoms with Crippen molar-refractivity contribution < 1.29 is 36.3 Å². The number of amides is 2. The van der Waals surface area contributed by atoms with Gasteiger partial charge in [-0.05, 0) is 34.4 Å². The molecule has 0 aliphatic carbocycles. The quantitative estimate of drug-likeness (QED) is 0.743. The topological polar surface area (TPSA) is 124 Å². The van der Waals surface area contributed by atoms with Gasteiger partial charge in [-0.15, -0.1) is 4.28 Å². The highest BCUT2D eigenvalue weighted by Crippen LogP contribution is 2.47. The van der Waals surface area contributed by atoms with Gasteiger partial charge in [0, 0.05) is 0 Å². The number of nitrogens with zero attached hydrogens (tertiary/aromatic N) is 2. The van der Waals surface area contributed by atoms with Crippen molar-refractivity contribution >= 4 is 22.4 Å².